The molecule has 122 valence electrons. The molecule has 2 aromatic rings. The van der Waals surface area contributed by atoms with Gasteiger partial charge in [0.05, 0.1) is 22.9 Å². The third-order valence-corrected chi connectivity index (χ3v) is 4.35. The number of hydrogen-bond donors (Lipinski definition) is 3. The summed E-state index contributed by atoms with van der Waals surface area (Å²) < 4.78 is 11.1. The van der Waals surface area contributed by atoms with Crippen molar-refractivity contribution in [2.24, 2.45) is 0 Å². The van der Waals surface area contributed by atoms with E-state index in [0.717, 1.165) is 3.79 Å². The summed E-state index contributed by atoms with van der Waals surface area (Å²) in [6, 6.07) is 7.74. The van der Waals surface area contributed by atoms with Crippen LogP contribution >= 0.6 is 27.3 Å². The summed E-state index contributed by atoms with van der Waals surface area (Å²) in [5.74, 6) is 0.635. The van der Waals surface area contributed by atoms with Gasteiger partial charge in [-0.05, 0) is 40.2 Å². The summed E-state index contributed by atoms with van der Waals surface area (Å²) in [5, 5.41) is 2.57. The summed E-state index contributed by atoms with van der Waals surface area (Å²) in [4.78, 5) is 24.1. The second-order valence-corrected chi connectivity index (χ2v) is 6.67. The van der Waals surface area contributed by atoms with Crippen molar-refractivity contribution in [3.8, 4) is 11.5 Å². The number of carbonyl (C=O) groups is 2. The minimum Gasteiger partial charge on any atom is -0.493 e. The Kier molecular flexibility index (Phi) is 5.83. The van der Waals surface area contributed by atoms with Crippen LogP contribution in [0.15, 0.2) is 34.1 Å². The van der Waals surface area contributed by atoms with E-state index in [4.69, 9.17) is 9.47 Å². The molecule has 0 spiro atoms. The number of thiophene rings is 1. The first-order valence-electron chi connectivity index (χ1n) is 6.38. The molecule has 7 nitrogen and oxygen atoms in total. The van der Waals surface area contributed by atoms with E-state index in [-0.39, 0.29) is 0 Å². The van der Waals surface area contributed by atoms with Crippen molar-refractivity contribution in [3.05, 3.63) is 39.0 Å². The standard InChI is InChI=1S/C14H14BrN3O4S/c1-21-9-4-3-8(7-10(9)22-2)16-14(20)18-17-13(19)11-5-6-12(15)23-11/h3-7H,1-2H3,(H,17,19)(H2,16,18,20). The maximum Gasteiger partial charge on any atom is 0.337 e. The van der Waals surface area contributed by atoms with Gasteiger partial charge < -0.3 is 14.8 Å². The van der Waals surface area contributed by atoms with Gasteiger partial charge in [-0.25, -0.2) is 10.2 Å². The van der Waals surface area contributed by atoms with Gasteiger partial charge in [-0.15, -0.1) is 11.3 Å². The second kappa shape index (κ2) is 7.84. The van der Waals surface area contributed by atoms with Crippen molar-refractivity contribution in [1.29, 1.82) is 0 Å². The van der Waals surface area contributed by atoms with E-state index in [0.29, 0.717) is 22.1 Å². The summed E-state index contributed by atoms with van der Waals surface area (Å²) in [5.41, 5.74) is 5.08. The Hall–Kier alpha value is -2.26. The Morgan fingerprint density at radius 2 is 1.78 bits per heavy atom. The molecule has 0 radical (unpaired) electrons. The molecule has 0 saturated heterocycles. The number of nitrogens with one attached hydrogen (secondary N) is 3. The monoisotopic (exact) mass is 399 g/mol. The Labute approximate surface area is 145 Å². The molecule has 2 rings (SSSR count). The number of amides is 3. The number of ether oxygens (including phenoxy) is 2. The van der Waals surface area contributed by atoms with Gasteiger partial charge >= 0.3 is 6.03 Å². The lowest BCUT2D eigenvalue weighted by atomic mass is 10.3. The smallest absolute Gasteiger partial charge is 0.337 e. The fraction of sp³-hybridized carbons (Fsp3) is 0.143. The number of halogens is 1. The molecular formula is C14H14BrN3O4S. The summed E-state index contributed by atoms with van der Waals surface area (Å²) in [6.45, 7) is 0. The van der Waals surface area contributed by atoms with Crippen LogP contribution in [-0.4, -0.2) is 26.2 Å². The maximum atomic E-state index is 11.8. The van der Waals surface area contributed by atoms with E-state index in [2.05, 4.69) is 32.1 Å². The van der Waals surface area contributed by atoms with Crippen LogP contribution in [0.1, 0.15) is 9.67 Å². The van der Waals surface area contributed by atoms with Gasteiger partial charge in [-0.1, -0.05) is 0 Å². The van der Waals surface area contributed by atoms with Crippen LogP contribution in [0, 0.1) is 0 Å². The predicted octanol–water partition coefficient (Wildman–Crippen LogP) is 2.99. The first kappa shape index (κ1) is 17.1. The normalized spacial score (nSPS) is 9.87. The van der Waals surface area contributed by atoms with Crippen molar-refractivity contribution in [3.63, 3.8) is 0 Å². The molecule has 0 aliphatic carbocycles. The lowest BCUT2D eigenvalue weighted by Crippen LogP contribution is -2.43. The Morgan fingerprint density at radius 1 is 1.04 bits per heavy atom. The first-order valence-corrected chi connectivity index (χ1v) is 7.99. The minimum absolute atomic E-state index is 0.400. The highest BCUT2D eigenvalue weighted by atomic mass is 79.9. The summed E-state index contributed by atoms with van der Waals surface area (Å²) in [7, 11) is 3.03. The van der Waals surface area contributed by atoms with E-state index in [1.165, 1.54) is 25.6 Å². The number of methoxy groups -OCH3 is 2. The van der Waals surface area contributed by atoms with Gasteiger partial charge in [0.2, 0.25) is 0 Å². The largest absolute Gasteiger partial charge is 0.493 e. The van der Waals surface area contributed by atoms with Crippen molar-refractivity contribution in [1.82, 2.24) is 10.9 Å². The highest BCUT2D eigenvalue weighted by Gasteiger charge is 2.11. The lowest BCUT2D eigenvalue weighted by Gasteiger charge is -2.11. The molecule has 3 N–H and O–H groups in total. The van der Waals surface area contributed by atoms with Gasteiger partial charge in [0, 0.05) is 11.8 Å². The fourth-order valence-electron chi connectivity index (χ4n) is 1.69. The third kappa shape index (κ3) is 4.60. The van der Waals surface area contributed by atoms with Crippen LogP contribution in [0.3, 0.4) is 0 Å². The average molecular weight is 400 g/mol. The van der Waals surface area contributed by atoms with Gasteiger partial charge in [-0.3, -0.25) is 10.2 Å². The van der Waals surface area contributed by atoms with Crippen molar-refractivity contribution < 1.29 is 19.1 Å². The van der Waals surface area contributed by atoms with Gasteiger partial charge in [0.15, 0.2) is 11.5 Å². The van der Waals surface area contributed by atoms with Crippen LogP contribution in [-0.2, 0) is 0 Å². The molecule has 0 fully saturated rings. The molecule has 0 aliphatic rings. The summed E-state index contributed by atoms with van der Waals surface area (Å²) in [6.07, 6.45) is 0. The molecule has 0 aliphatic heterocycles. The molecule has 0 unspecified atom stereocenters. The zero-order valence-corrected chi connectivity index (χ0v) is 14.7. The molecular weight excluding hydrogens is 386 g/mol. The van der Waals surface area contributed by atoms with Crippen LogP contribution in [0.5, 0.6) is 11.5 Å². The number of carbonyl (C=O) groups excluding carboxylic acids is 2. The molecule has 0 saturated carbocycles. The molecule has 0 atom stereocenters. The molecule has 1 aromatic heterocycles. The number of rotatable bonds is 4. The first-order chi connectivity index (χ1) is 11.0. The molecule has 0 bridgehead atoms. The van der Waals surface area contributed by atoms with E-state index >= 15 is 0 Å². The molecule has 1 aromatic carbocycles. The highest BCUT2D eigenvalue weighted by Crippen LogP contribution is 2.29. The fourth-order valence-corrected chi connectivity index (χ4v) is 2.97. The number of anilines is 1. The minimum atomic E-state index is -0.582. The van der Waals surface area contributed by atoms with Crippen LogP contribution in [0.4, 0.5) is 10.5 Å². The number of benzene rings is 1. The van der Waals surface area contributed by atoms with E-state index < -0.39 is 11.9 Å². The van der Waals surface area contributed by atoms with Gasteiger partial charge in [0.25, 0.3) is 5.91 Å². The molecule has 1 heterocycles. The lowest BCUT2D eigenvalue weighted by molar-refractivity contribution is 0.0942. The van der Waals surface area contributed by atoms with E-state index in [1.54, 1.807) is 30.3 Å². The zero-order valence-electron chi connectivity index (χ0n) is 12.3. The number of urea groups is 1. The Morgan fingerprint density at radius 3 is 2.39 bits per heavy atom. The van der Waals surface area contributed by atoms with Crippen LogP contribution in [0.2, 0.25) is 0 Å². The Balaban J connectivity index is 1.91. The maximum absolute atomic E-state index is 11.8. The number of hydrazine groups is 1. The topological polar surface area (TPSA) is 88.7 Å². The SMILES string of the molecule is COc1ccc(NC(=O)NNC(=O)c2ccc(Br)s2)cc1OC. The zero-order chi connectivity index (χ0) is 16.8. The van der Waals surface area contributed by atoms with Gasteiger partial charge in [0.1, 0.15) is 0 Å². The molecule has 9 heteroatoms. The molecule has 3 amide bonds. The molecule has 23 heavy (non-hydrogen) atoms. The second-order valence-electron chi connectivity index (χ2n) is 4.21. The number of hydrogen-bond acceptors (Lipinski definition) is 5. The third-order valence-electron chi connectivity index (χ3n) is 2.73. The van der Waals surface area contributed by atoms with Crippen molar-refractivity contribution in [2.75, 3.05) is 19.5 Å². The van der Waals surface area contributed by atoms with E-state index in [9.17, 15) is 9.59 Å². The van der Waals surface area contributed by atoms with Gasteiger partial charge in [-0.2, -0.15) is 0 Å². The highest BCUT2D eigenvalue weighted by molar-refractivity contribution is 9.11. The van der Waals surface area contributed by atoms with Crippen LogP contribution in [0.25, 0.3) is 0 Å². The van der Waals surface area contributed by atoms with E-state index in [1.807, 2.05) is 0 Å². The van der Waals surface area contributed by atoms with Crippen molar-refractivity contribution >= 4 is 44.9 Å². The summed E-state index contributed by atoms with van der Waals surface area (Å²) >= 11 is 4.53. The predicted molar refractivity (Wildman–Crippen MR) is 91.2 cm³/mol. The Bertz CT molecular complexity index is 720. The van der Waals surface area contributed by atoms with Crippen molar-refractivity contribution in [2.45, 2.75) is 0 Å². The average Bonchev–Trinajstić information content (AvgIpc) is 2.99. The van der Waals surface area contributed by atoms with Crippen LogP contribution < -0.4 is 25.6 Å². The quantitative estimate of drug-likeness (QED) is 0.689.